The number of phosphoric acid groups is 2. The van der Waals surface area contributed by atoms with Gasteiger partial charge in [0.1, 0.15) is 19.3 Å². The summed E-state index contributed by atoms with van der Waals surface area (Å²) >= 11 is 0. The molecule has 3 unspecified atom stereocenters. The highest BCUT2D eigenvalue weighted by Crippen LogP contribution is 2.45. The molecule has 17 nitrogen and oxygen atoms in total. The Hall–Kier alpha value is -1.94. The summed E-state index contributed by atoms with van der Waals surface area (Å²) in [5, 5.41) is 10.5. The first kappa shape index (κ1) is 77.1. The second-order valence-corrected chi connectivity index (χ2v) is 24.9. The minimum Gasteiger partial charge on any atom is -0.462 e. The van der Waals surface area contributed by atoms with Gasteiger partial charge in [-0.25, -0.2) is 9.13 Å². The second-order valence-electron chi connectivity index (χ2n) is 22.0. The number of ether oxygens (including phenoxy) is 4. The predicted octanol–water partition coefficient (Wildman–Crippen LogP) is 16.2. The van der Waals surface area contributed by atoms with Crippen LogP contribution >= 0.6 is 15.6 Å². The van der Waals surface area contributed by atoms with Gasteiger partial charge in [-0.3, -0.25) is 37.3 Å². The number of esters is 4. The van der Waals surface area contributed by atoms with E-state index in [4.69, 9.17) is 37.0 Å². The Balaban J connectivity index is 5.18. The van der Waals surface area contributed by atoms with Gasteiger partial charge >= 0.3 is 39.5 Å². The lowest BCUT2D eigenvalue weighted by atomic mass is 10.00. The summed E-state index contributed by atoms with van der Waals surface area (Å²) in [4.78, 5) is 71.8. The molecule has 0 amide bonds. The zero-order valence-electron chi connectivity index (χ0n) is 50.5. The monoisotopic (exact) mass is 1170 g/mol. The van der Waals surface area contributed by atoms with Crippen LogP contribution in [0.25, 0.3) is 0 Å². The van der Waals surface area contributed by atoms with Crippen LogP contribution < -0.4 is 0 Å². The normalized spacial score (nSPS) is 14.7. The van der Waals surface area contributed by atoms with Crippen LogP contribution in [0.4, 0.5) is 0 Å². The molecule has 0 aliphatic heterocycles. The van der Waals surface area contributed by atoms with Crippen LogP contribution in [-0.2, 0) is 65.4 Å². The number of aliphatic hydroxyl groups excluding tert-OH is 1. The lowest BCUT2D eigenvalue weighted by Crippen LogP contribution is -2.30. The van der Waals surface area contributed by atoms with Gasteiger partial charge in [0.05, 0.1) is 26.4 Å². The summed E-state index contributed by atoms with van der Waals surface area (Å²) in [6.07, 6.45) is 36.5. The highest BCUT2D eigenvalue weighted by Gasteiger charge is 2.30. The molecule has 0 radical (unpaired) electrons. The molecule has 0 rings (SSSR count). The molecule has 0 saturated carbocycles. The SMILES string of the molecule is CCCCCCCCCCCCCCCCC(=O)O[C@H](COC(=O)CCCCCCCCC(C)CC)COP(=O)(O)OC[C@@H](O)COP(=O)(O)OC[C@@H](COC(=O)CCCCCCC)OC(=O)CCCCCCCCCCCC. The van der Waals surface area contributed by atoms with Crippen LogP contribution in [0.15, 0.2) is 0 Å². The molecule has 0 aromatic carbocycles. The number of hydrogen-bond donors (Lipinski definition) is 3. The van der Waals surface area contributed by atoms with E-state index in [1.165, 1.54) is 109 Å². The van der Waals surface area contributed by atoms with Crippen molar-refractivity contribution in [3.05, 3.63) is 0 Å². The third-order valence-corrected chi connectivity index (χ3v) is 16.0. The van der Waals surface area contributed by atoms with Gasteiger partial charge in [-0.15, -0.1) is 0 Å². The Morgan fingerprint density at radius 1 is 0.354 bits per heavy atom. The van der Waals surface area contributed by atoms with Crippen molar-refractivity contribution in [2.75, 3.05) is 39.6 Å². The van der Waals surface area contributed by atoms with E-state index in [2.05, 4.69) is 34.6 Å². The molecule has 0 fully saturated rings. The maximum Gasteiger partial charge on any atom is 0.472 e. The van der Waals surface area contributed by atoms with Crippen molar-refractivity contribution >= 4 is 39.5 Å². The van der Waals surface area contributed by atoms with Gasteiger partial charge in [0.15, 0.2) is 12.2 Å². The van der Waals surface area contributed by atoms with Gasteiger partial charge < -0.3 is 33.8 Å². The van der Waals surface area contributed by atoms with Crippen LogP contribution in [0, 0.1) is 5.92 Å². The van der Waals surface area contributed by atoms with Crippen molar-refractivity contribution < 1.29 is 80.2 Å². The van der Waals surface area contributed by atoms with Gasteiger partial charge in [-0.2, -0.15) is 0 Å². The number of rotatable bonds is 60. The summed E-state index contributed by atoms with van der Waals surface area (Å²) in [5.41, 5.74) is 0. The van der Waals surface area contributed by atoms with E-state index in [0.717, 1.165) is 109 Å². The Bertz CT molecular complexity index is 1550. The lowest BCUT2D eigenvalue weighted by molar-refractivity contribution is -0.161. The third-order valence-electron chi connectivity index (χ3n) is 14.1. The third kappa shape index (κ3) is 53.8. The molecule has 0 bridgehead atoms. The lowest BCUT2D eigenvalue weighted by Gasteiger charge is -2.21. The molecule has 0 aliphatic rings. The molecule has 0 aromatic rings. The Morgan fingerprint density at radius 3 is 0.899 bits per heavy atom. The highest BCUT2D eigenvalue weighted by atomic mass is 31.2. The van der Waals surface area contributed by atoms with Crippen LogP contribution in [0.2, 0.25) is 0 Å². The van der Waals surface area contributed by atoms with Crippen molar-refractivity contribution in [1.29, 1.82) is 0 Å². The molecule has 0 saturated heterocycles. The van der Waals surface area contributed by atoms with Gasteiger partial charge in [0, 0.05) is 25.7 Å². The maximum absolute atomic E-state index is 12.9. The molecule has 468 valence electrons. The molecule has 3 N–H and O–H groups in total. The zero-order valence-corrected chi connectivity index (χ0v) is 52.3. The highest BCUT2D eigenvalue weighted by molar-refractivity contribution is 7.47. The quantitative estimate of drug-likeness (QED) is 0.0222. The molecule has 0 spiro atoms. The van der Waals surface area contributed by atoms with Crippen molar-refractivity contribution in [1.82, 2.24) is 0 Å². The fourth-order valence-electron chi connectivity index (χ4n) is 8.84. The fraction of sp³-hybridized carbons (Fsp3) is 0.933. The largest absolute Gasteiger partial charge is 0.472 e. The number of hydrogen-bond acceptors (Lipinski definition) is 15. The first-order valence-corrected chi connectivity index (χ1v) is 34.7. The summed E-state index contributed by atoms with van der Waals surface area (Å²) in [5.74, 6) is -1.42. The molecule has 0 heterocycles. The molecule has 0 aliphatic carbocycles. The Kier molecular flexibility index (Phi) is 52.7. The van der Waals surface area contributed by atoms with Crippen LogP contribution in [0.3, 0.4) is 0 Å². The van der Waals surface area contributed by atoms with E-state index in [0.29, 0.717) is 25.7 Å². The van der Waals surface area contributed by atoms with Gasteiger partial charge in [0.25, 0.3) is 0 Å². The second kappa shape index (κ2) is 54.0. The van der Waals surface area contributed by atoms with Crippen molar-refractivity contribution in [2.24, 2.45) is 5.92 Å². The molecule has 79 heavy (non-hydrogen) atoms. The standard InChI is InChI=1S/C60H116O17P2/c1-6-10-13-16-18-20-22-23-24-25-27-29-36-41-46-60(65)77-56(50-71-58(63)44-39-34-31-30-33-37-42-53(5)9-4)52-75-79(68,69)73-48-54(61)47-72-78(66,67)74-51-55(49-70-57(62)43-38-32-15-12-8-3)76-59(64)45-40-35-28-26-21-19-17-14-11-7-2/h53-56,61H,6-52H2,1-5H3,(H,66,67)(H,68,69)/t53?,54-,55+,56+/m0/s1. The average Bonchev–Trinajstić information content (AvgIpc) is 3.42. The molecule has 0 aromatic heterocycles. The summed E-state index contributed by atoms with van der Waals surface area (Å²) in [6.45, 7) is 7.03. The topological polar surface area (TPSA) is 237 Å². The van der Waals surface area contributed by atoms with Gasteiger partial charge in [-0.1, -0.05) is 247 Å². The number of unbranched alkanes of at least 4 members (excludes halogenated alkanes) is 31. The van der Waals surface area contributed by atoms with E-state index in [-0.39, 0.29) is 25.7 Å². The molecule has 6 atom stereocenters. The molecular formula is C60H116O17P2. The van der Waals surface area contributed by atoms with E-state index in [1.807, 2.05) is 0 Å². The zero-order chi connectivity index (χ0) is 58.5. The van der Waals surface area contributed by atoms with Crippen LogP contribution in [0.5, 0.6) is 0 Å². The first-order chi connectivity index (χ1) is 38.1. The maximum atomic E-state index is 12.9. The van der Waals surface area contributed by atoms with Gasteiger partial charge in [0.2, 0.25) is 0 Å². The van der Waals surface area contributed by atoms with Crippen LogP contribution in [0.1, 0.15) is 298 Å². The van der Waals surface area contributed by atoms with E-state index in [1.54, 1.807) is 0 Å². The van der Waals surface area contributed by atoms with Crippen molar-refractivity contribution in [3.63, 3.8) is 0 Å². The summed E-state index contributed by atoms with van der Waals surface area (Å²) in [6, 6.07) is 0. The van der Waals surface area contributed by atoms with Crippen molar-refractivity contribution in [3.8, 4) is 0 Å². The number of aliphatic hydroxyl groups is 1. The van der Waals surface area contributed by atoms with E-state index < -0.39 is 97.5 Å². The summed E-state index contributed by atoms with van der Waals surface area (Å²) < 4.78 is 67.6. The average molecular weight is 1170 g/mol. The fourth-order valence-corrected chi connectivity index (χ4v) is 10.4. The van der Waals surface area contributed by atoms with E-state index in [9.17, 15) is 43.2 Å². The number of carbonyl (C=O) groups is 4. The van der Waals surface area contributed by atoms with E-state index >= 15 is 0 Å². The minimum atomic E-state index is -4.94. The number of phosphoric ester groups is 2. The molecule has 19 heteroatoms. The summed E-state index contributed by atoms with van der Waals surface area (Å²) in [7, 11) is -9.87. The van der Waals surface area contributed by atoms with Crippen LogP contribution in [-0.4, -0.2) is 96.7 Å². The number of carbonyl (C=O) groups excluding carboxylic acids is 4. The van der Waals surface area contributed by atoms with Gasteiger partial charge in [-0.05, 0) is 31.6 Å². The Morgan fingerprint density at radius 2 is 0.608 bits per heavy atom. The Labute approximate surface area is 479 Å². The van der Waals surface area contributed by atoms with Crippen molar-refractivity contribution in [2.45, 2.75) is 316 Å². The minimum absolute atomic E-state index is 0.105. The first-order valence-electron chi connectivity index (χ1n) is 31.7. The predicted molar refractivity (Wildman–Crippen MR) is 312 cm³/mol. The smallest absolute Gasteiger partial charge is 0.462 e. The molecular weight excluding hydrogens is 1050 g/mol.